The predicted molar refractivity (Wildman–Crippen MR) is 82.5 cm³/mol. The Kier molecular flexibility index (Phi) is 4.14. The maximum absolute atomic E-state index is 8.94. The highest BCUT2D eigenvalue weighted by atomic mass is 16.3. The quantitative estimate of drug-likeness (QED) is 0.872. The van der Waals surface area contributed by atoms with Crippen molar-refractivity contribution in [2.24, 2.45) is 10.1 Å². The van der Waals surface area contributed by atoms with Gasteiger partial charge in [-0.25, -0.2) is 10.0 Å². The van der Waals surface area contributed by atoms with Crippen molar-refractivity contribution in [1.29, 1.82) is 5.41 Å². The first-order chi connectivity index (χ1) is 9.52. The van der Waals surface area contributed by atoms with Crippen LogP contribution >= 0.6 is 0 Å². The molecule has 6 nitrogen and oxygen atoms in total. The summed E-state index contributed by atoms with van der Waals surface area (Å²) in [6.45, 7) is 2.09. The molecule has 1 heterocycles. The first-order valence-electron chi connectivity index (χ1n) is 6.42. The third kappa shape index (κ3) is 2.85. The molecule has 1 aromatic carbocycles. The Bertz CT molecular complexity index is 559. The molecule has 2 N–H and O–H groups in total. The smallest absolute Gasteiger partial charge is 0.169 e. The second-order valence-corrected chi connectivity index (χ2v) is 4.75. The fourth-order valence-corrected chi connectivity index (χ4v) is 1.92. The highest BCUT2D eigenvalue weighted by Crippen LogP contribution is 2.20. The van der Waals surface area contributed by atoms with Gasteiger partial charge >= 0.3 is 0 Å². The molecule has 6 heteroatoms. The van der Waals surface area contributed by atoms with Crippen molar-refractivity contribution in [3.05, 3.63) is 24.3 Å². The number of aliphatic hydroxyl groups is 1. The number of aliphatic imine (C=N–C) groups is 1. The normalized spacial score (nSPS) is 16.8. The lowest BCUT2D eigenvalue weighted by atomic mass is 10.2. The van der Waals surface area contributed by atoms with E-state index in [1.807, 2.05) is 50.2 Å². The van der Waals surface area contributed by atoms with Crippen LogP contribution < -0.4 is 4.90 Å². The van der Waals surface area contributed by atoms with Crippen LogP contribution in [0.1, 0.15) is 6.92 Å². The molecule has 0 fully saturated rings. The number of rotatable bonds is 4. The van der Waals surface area contributed by atoms with Crippen molar-refractivity contribution in [2.45, 2.75) is 6.92 Å². The Morgan fingerprint density at radius 2 is 1.95 bits per heavy atom. The largest absolute Gasteiger partial charge is 0.394 e. The van der Waals surface area contributed by atoms with Gasteiger partial charge in [0, 0.05) is 19.8 Å². The van der Waals surface area contributed by atoms with Gasteiger partial charge in [-0.3, -0.25) is 5.41 Å². The number of amidine groups is 1. The van der Waals surface area contributed by atoms with Gasteiger partial charge in [0.25, 0.3) is 0 Å². The number of nitrogens with one attached hydrogen (secondary N) is 1. The predicted octanol–water partition coefficient (Wildman–Crippen LogP) is 1.49. The molecule has 0 atom stereocenters. The van der Waals surface area contributed by atoms with Crippen LogP contribution in [0.25, 0.3) is 0 Å². The van der Waals surface area contributed by atoms with Crippen molar-refractivity contribution in [1.82, 2.24) is 5.01 Å². The summed E-state index contributed by atoms with van der Waals surface area (Å²) in [6.07, 6.45) is 0. The zero-order chi connectivity index (χ0) is 14.7. The minimum absolute atomic E-state index is 0.0377. The monoisotopic (exact) mass is 273 g/mol. The average Bonchev–Trinajstić information content (AvgIpc) is 2.68. The number of benzene rings is 1. The number of anilines is 1. The molecule has 20 heavy (non-hydrogen) atoms. The van der Waals surface area contributed by atoms with E-state index in [2.05, 4.69) is 10.1 Å². The minimum atomic E-state index is -0.0377. The molecule has 106 valence electrons. The number of hydrogen-bond donors (Lipinski definition) is 2. The number of hydrogen-bond acceptors (Lipinski definition) is 5. The van der Waals surface area contributed by atoms with E-state index < -0.39 is 0 Å². The summed E-state index contributed by atoms with van der Waals surface area (Å²) in [4.78, 5) is 6.49. The van der Waals surface area contributed by atoms with Crippen LogP contribution in [0, 0.1) is 5.41 Å². The van der Waals surface area contributed by atoms with Crippen molar-refractivity contribution >= 4 is 28.6 Å². The number of nitrogens with zero attached hydrogens (tertiary/aromatic N) is 4. The van der Waals surface area contributed by atoms with Crippen LogP contribution in [-0.4, -0.2) is 54.6 Å². The van der Waals surface area contributed by atoms with Crippen LogP contribution in [0.15, 0.2) is 34.4 Å². The first kappa shape index (κ1) is 14.2. The molecule has 0 aliphatic carbocycles. The minimum Gasteiger partial charge on any atom is -0.394 e. The second kappa shape index (κ2) is 5.83. The zero-order valence-corrected chi connectivity index (χ0v) is 12.0. The van der Waals surface area contributed by atoms with Gasteiger partial charge in [0.1, 0.15) is 5.71 Å². The lowest BCUT2D eigenvalue weighted by Crippen LogP contribution is -2.28. The molecular weight excluding hydrogens is 254 g/mol. The Balaban J connectivity index is 2.23. The summed E-state index contributed by atoms with van der Waals surface area (Å²) >= 11 is 0. The summed E-state index contributed by atoms with van der Waals surface area (Å²) in [5, 5.41) is 22.6. The first-order valence-corrected chi connectivity index (χ1v) is 6.42. The van der Waals surface area contributed by atoms with Crippen LogP contribution in [0.3, 0.4) is 0 Å². The summed E-state index contributed by atoms with van der Waals surface area (Å²) in [5.74, 6) is 0.230. The van der Waals surface area contributed by atoms with E-state index in [-0.39, 0.29) is 12.4 Å². The van der Waals surface area contributed by atoms with Gasteiger partial charge in [-0.05, 0) is 31.2 Å². The van der Waals surface area contributed by atoms with E-state index in [0.717, 1.165) is 11.4 Å². The van der Waals surface area contributed by atoms with Gasteiger partial charge in [0.2, 0.25) is 0 Å². The molecule has 0 saturated carbocycles. The SMILES string of the molecule is CC1=NN(CCO)C(=N)C1=Nc1ccc(N(C)C)cc1. The van der Waals surface area contributed by atoms with Crippen molar-refractivity contribution < 1.29 is 5.11 Å². The molecule has 0 bridgehead atoms. The van der Waals surface area contributed by atoms with Gasteiger partial charge in [0.15, 0.2) is 5.84 Å². The van der Waals surface area contributed by atoms with E-state index in [4.69, 9.17) is 10.5 Å². The topological polar surface area (TPSA) is 75.3 Å². The molecule has 0 radical (unpaired) electrons. The third-order valence-corrected chi connectivity index (χ3v) is 3.01. The maximum atomic E-state index is 8.94. The Labute approximate surface area is 118 Å². The molecule has 1 aromatic rings. The molecule has 0 amide bonds. The molecule has 0 aromatic heterocycles. The lowest BCUT2D eigenvalue weighted by molar-refractivity contribution is 0.255. The fourth-order valence-electron chi connectivity index (χ4n) is 1.92. The van der Waals surface area contributed by atoms with Crippen LogP contribution in [-0.2, 0) is 0 Å². The number of β-amino-alcohol motifs (C(OH)–C–C–N with tert-alkyl or cyclic N) is 1. The van der Waals surface area contributed by atoms with Crippen LogP contribution in [0.2, 0.25) is 0 Å². The summed E-state index contributed by atoms with van der Waals surface area (Å²) in [5.41, 5.74) is 3.13. The summed E-state index contributed by atoms with van der Waals surface area (Å²) in [7, 11) is 3.97. The standard InChI is InChI=1S/C14H19N5O/c1-10-13(14(15)19(17-10)8-9-20)16-11-4-6-12(7-5-11)18(2)3/h4-7,15,20H,8-9H2,1-3H3. The van der Waals surface area contributed by atoms with Gasteiger partial charge < -0.3 is 10.0 Å². The van der Waals surface area contributed by atoms with Gasteiger partial charge in [0.05, 0.1) is 24.6 Å². The molecule has 0 saturated heterocycles. The maximum Gasteiger partial charge on any atom is 0.169 e. The molecule has 0 unspecified atom stereocenters. The highest BCUT2D eigenvalue weighted by molar-refractivity contribution is 6.69. The second-order valence-electron chi connectivity index (χ2n) is 4.75. The third-order valence-electron chi connectivity index (χ3n) is 3.01. The average molecular weight is 273 g/mol. The molecule has 1 aliphatic rings. The van der Waals surface area contributed by atoms with Crippen LogP contribution in [0.4, 0.5) is 11.4 Å². The van der Waals surface area contributed by atoms with Crippen molar-refractivity contribution in [2.75, 3.05) is 32.1 Å². The Morgan fingerprint density at radius 1 is 1.30 bits per heavy atom. The fraction of sp³-hybridized carbons (Fsp3) is 0.357. The van der Waals surface area contributed by atoms with E-state index in [9.17, 15) is 0 Å². The summed E-state index contributed by atoms with van der Waals surface area (Å²) in [6, 6.07) is 7.79. The van der Waals surface area contributed by atoms with Crippen molar-refractivity contribution in [3.63, 3.8) is 0 Å². The molecule has 0 spiro atoms. The molecule has 1 aliphatic heterocycles. The highest BCUT2D eigenvalue weighted by Gasteiger charge is 2.24. The number of aliphatic hydroxyl groups excluding tert-OH is 1. The van der Waals surface area contributed by atoms with E-state index in [0.29, 0.717) is 18.0 Å². The van der Waals surface area contributed by atoms with E-state index in [1.165, 1.54) is 5.01 Å². The van der Waals surface area contributed by atoms with Crippen molar-refractivity contribution in [3.8, 4) is 0 Å². The molecular formula is C14H19N5O. The Hall–Kier alpha value is -2.21. The van der Waals surface area contributed by atoms with E-state index >= 15 is 0 Å². The lowest BCUT2D eigenvalue weighted by Gasteiger charge is -2.12. The molecule has 2 rings (SSSR count). The van der Waals surface area contributed by atoms with Gasteiger partial charge in [-0.2, -0.15) is 5.10 Å². The number of hydrazone groups is 1. The van der Waals surface area contributed by atoms with Gasteiger partial charge in [-0.15, -0.1) is 0 Å². The Morgan fingerprint density at radius 3 is 2.50 bits per heavy atom. The summed E-state index contributed by atoms with van der Waals surface area (Å²) < 4.78 is 0. The van der Waals surface area contributed by atoms with Crippen LogP contribution in [0.5, 0.6) is 0 Å². The zero-order valence-electron chi connectivity index (χ0n) is 12.0. The van der Waals surface area contributed by atoms with Gasteiger partial charge in [-0.1, -0.05) is 0 Å². The van der Waals surface area contributed by atoms with E-state index in [1.54, 1.807) is 0 Å².